The molecule has 0 aliphatic rings. The van der Waals surface area contributed by atoms with Crippen LogP contribution in [0.1, 0.15) is 6.92 Å². The number of rotatable bonds is 3. The number of thiophene rings is 1. The van der Waals surface area contributed by atoms with Crippen molar-refractivity contribution in [2.24, 2.45) is 0 Å². The molecule has 0 amide bonds. The monoisotopic (exact) mass is 204 g/mol. The quantitative estimate of drug-likeness (QED) is 0.738. The molecule has 0 saturated carbocycles. The summed E-state index contributed by atoms with van der Waals surface area (Å²) in [4.78, 5) is 1.22. The summed E-state index contributed by atoms with van der Waals surface area (Å²) in [6.07, 6.45) is 0. The summed E-state index contributed by atoms with van der Waals surface area (Å²) in [5.74, 6) is 0.990. The van der Waals surface area contributed by atoms with Gasteiger partial charge in [-0.1, -0.05) is 30.3 Å². The lowest BCUT2D eigenvalue weighted by Gasteiger charge is -2.03. The van der Waals surface area contributed by atoms with Crippen molar-refractivity contribution in [2.45, 2.75) is 6.92 Å². The fourth-order valence-electron chi connectivity index (χ4n) is 1.37. The normalized spacial score (nSPS) is 10.1. The zero-order valence-electron chi connectivity index (χ0n) is 8.07. The minimum absolute atomic E-state index is 0.719. The third-order valence-electron chi connectivity index (χ3n) is 1.96. The Bertz CT molecular complexity index is 392. The van der Waals surface area contributed by atoms with Crippen LogP contribution in [0.5, 0.6) is 5.75 Å². The van der Waals surface area contributed by atoms with E-state index in [1.165, 1.54) is 10.4 Å². The van der Waals surface area contributed by atoms with E-state index in [1.807, 2.05) is 31.2 Å². The first-order valence-corrected chi connectivity index (χ1v) is 5.55. The first kappa shape index (κ1) is 9.28. The van der Waals surface area contributed by atoms with Crippen molar-refractivity contribution in [3.63, 3.8) is 0 Å². The Labute approximate surface area is 88.0 Å². The maximum Gasteiger partial charge on any atom is 0.137 e. The van der Waals surface area contributed by atoms with Gasteiger partial charge in [0.25, 0.3) is 0 Å². The molecule has 0 atom stereocenters. The Morgan fingerprint density at radius 3 is 2.64 bits per heavy atom. The van der Waals surface area contributed by atoms with Crippen LogP contribution < -0.4 is 4.74 Å². The van der Waals surface area contributed by atoms with Crippen molar-refractivity contribution in [1.82, 2.24) is 0 Å². The molecule has 0 bridgehead atoms. The van der Waals surface area contributed by atoms with Gasteiger partial charge in [0, 0.05) is 0 Å². The van der Waals surface area contributed by atoms with Gasteiger partial charge in [0.2, 0.25) is 0 Å². The molecule has 1 nitrogen and oxygen atoms in total. The predicted octanol–water partition coefficient (Wildman–Crippen LogP) is 3.81. The third kappa shape index (κ3) is 1.80. The largest absolute Gasteiger partial charge is 0.492 e. The molecular formula is C12H12OS. The number of hydrogen-bond acceptors (Lipinski definition) is 2. The lowest BCUT2D eigenvalue weighted by molar-refractivity contribution is 0.343. The van der Waals surface area contributed by atoms with Crippen molar-refractivity contribution < 1.29 is 4.74 Å². The number of hydrogen-bond donors (Lipinski definition) is 0. The molecule has 0 fully saturated rings. The summed E-state index contributed by atoms with van der Waals surface area (Å²) < 4.78 is 5.54. The highest BCUT2D eigenvalue weighted by Gasteiger charge is 2.06. The van der Waals surface area contributed by atoms with Gasteiger partial charge in [-0.3, -0.25) is 0 Å². The molecule has 0 aliphatic heterocycles. The Balaban J connectivity index is 2.37. The van der Waals surface area contributed by atoms with Gasteiger partial charge in [-0.25, -0.2) is 0 Å². The lowest BCUT2D eigenvalue weighted by atomic mass is 10.2. The topological polar surface area (TPSA) is 9.23 Å². The van der Waals surface area contributed by atoms with Crippen molar-refractivity contribution in [3.05, 3.63) is 41.8 Å². The molecule has 2 heteroatoms. The van der Waals surface area contributed by atoms with Crippen LogP contribution in [0.3, 0.4) is 0 Å². The fourth-order valence-corrected chi connectivity index (χ4v) is 2.21. The molecule has 1 aromatic heterocycles. The van der Waals surface area contributed by atoms with E-state index in [9.17, 15) is 0 Å². The number of ether oxygens (including phenoxy) is 1. The molecule has 1 heterocycles. The van der Waals surface area contributed by atoms with E-state index in [1.54, 1.807) is 11.3 Å². The van der Waals surface area contributed by atoms with E-state index in [0.717, 1.165) is 12.4 Å². The molecule has 14 heavy (non-hydrogen) atoms. The molecule has 2 aromatic rings. The molecular weight excluding hydrogens is 192 g/mol. The third-order valence-corrected chi connectivity index (χ3v) is 2.91. The second-order valence-corrected chi connectivity index (χ2v) is 3.83. The van der Waals surface area contributed by atoms with Crippen LogP contribution in [0.25, 0.3) is 10.4 Å². The van der Waals surface area contributed by atoms with Gasteiger partial charge in [-0.2, -0.15) is 0 Å². The molecule has 0 unspecified atom stereocenters. The molecule has 0 spiro atoms. The van der Waals surface area contributed by atoms with Crippen molar-refractivity contribution in [2.75, 3.05) is 6.61 Å². The van der Waals surface area contributed by atoms with E-state index in [2.05, 4.69) is 17.5 Å². The van der Waals surface area contributed by atoms with Gasteiger partial charge in [0.05, 0.1) is 11.5 Å². The smallest absolute Gasteiger partial charge is 0.137 e. The van der Waals surface area contributed by atoms with Gasteiger partial charge in [0.15, 0.2) is 0 Å². The Hall–Kier alpha value is -1.28. The Kier molecular flexibility index (Phi) is 2.84. The second kappa shape index (κ2) is 4.29. The van der Waals surface area contributed by atoms with Crippen LogP contribution >= 0.6 is 11.3 Å². The molecule has 1 aromatic carbocycles. The van der Waals surface area contributed by atoms with Gasteiger partial charge < -0.3 is 4.74 Å². The first-order chi connectivity index (χ1) is 6.92. The zero-order chi connectivity index (χ0) is 9.80. The second-order valence-electron chi connectivity index (χ2n) is 2.91. The fraction of sp³-hybridized carbons (Fsp3) is 0.167. The van der Waals surface area contributed by atoms with E-state index in [4.69, 9.17) is 4.74 Å². The molecule has 2 rings (SSSR count). The highest BCUT2D eigenvalue weighted by atomic mass is 32.1. The van der Waals surface area contributed by atoms with Crippen LogP contribution in [0, 0.1) is 0 Å². The SMILES string of the molecule is CCOc1ccsc1-c1ccccc1. The van der Waals surface area contributed by atoms with Crippen molar-refractivity contribution in [3.8, 4) is 16.2 Å². The molecule has 0 radical (unpaired) electrons. The number of benzene rings is 1. The van der Waals surface area contributed by atoms with E-state index < -0.39 is 0 Å². The van der Waals surface area contributed by atoms with E-state index in [-0.39, 0.29) is 0 Å². The van der Waals surface area contributed by atoms with Crippen LogP contribution in [0.4, 0.5) is 0 Å². The maximum absolute atomic E-state index is 5.54. The van der Waals surface area contributed by atoms with Crippen LogP contribution in [0.2, 0.25) is 0 Å². The van der Waals surface area contributed by atoms with Crippen molar-refractivity contribution >= 4 is 11.3 Å². The summed E-state index contributed by atoms with van der Waals surface area (Å²) in [5.41, 5.74) is 1.23. The molecule has 0 saturated heterocycles. The lowest BCUT2D eigenvalue weighted by Crippen LogP contribution is -1.90. The van der Waals surface area contributed by atoms with Gasteiger partial charge >= 0.3 is 0 Å². The van der Waals surface area contributed by atoms with Gasteiger partial charge in [-0.05, 0) is 23.9 Å². The Morgan fingerprint density at radius 2 is 1.93 bits per heavy atom. The summed E-state index contributed by atoms with van der Waals surface area (Å²) in [5, 5.41) is 2.06. The summed E-state index contributed by atoms with van der Waals surface area (Å²) >= 11 is 1.72. The Morgan fingerprint density at radius 1 is 1.14 bits per heavy atom. The molecule has 0 N–H and O–H groups in total. The summed E-state index contributed by atoms with van der Waals surface area (Å²) in [6.45, 7) is 2.73. The van der Waals surface area contributed by atoms with Crippen LogP contribution in [0.15, 0.2) is 41.8 Å². The molecule has 0 aliphatic carbocycles. The predicted molar refractivity (Wildman–Crippen MR) is 60.9 cm³/mol. The van der Waals surface area contributed by atoms with Crippen LogP contribution in [-0.4, -0.2) is 6.61 Å². The highest BCUT2D eigenvalue weighted by Crippen LogP contribution is 2.35. The average Bonchev–Trinajstić information content (AvgIpc) is 2.68. The maximum atomic E-state index is 5.54. The van der Waals surface area contributed by atoms with Crippen molar-refractivity contribution in [1.29, 1.82) is 0 Å². The summed E-state index contributed by atoms with van der Waals surface area (Å²) in [7, 11) is 0. The summed E-state index contributed by atoms with van der Waals surface area (Å²) in [6, 6.07) is 12.4. The minimum atomic E-state index is 0.719. The van der Waals surface area contributed by atoms with E-state index >= 15 is 0 Å². The average molecular weight is 204 g/mol. The molecule has 72 valence electrons. The van der Waals surface area contributed by atoms with Gasteiger partial charge in [-0.15, -0.1) is 11.3 Å². The highest BCUT2D eigenvalue weighted by molar-refractivity contribution is 7.14. The first-order valence-electron chi connectivity index (χ1n) is 4.67. The standard InChI is InChI=1S/C12H12OS/c1-2-13-11-8-9-14-12(11)10-6-4-3-5-7-10/h3-9H,2H2,1H3. The zero-order valence-corrected chi connectivity index (χ0v) is 8.88. The minimum Gasteiger partial charge on any atom is -0.492 e. The van der Waals surface area contributed by atoms with Crippen LogP contribution in [-0.2, 0) is 0 Å². The van der Waals surface area contributed by atoms with E-state index in [0.29, 0.717) is 0 Å². The van der Waals surface area contributed by atoms with Gasteiger partial charge in [0.1, 0.15) is 5.75 Å².